The number of nitrogens with zero attached hydrogens (tertiary/aromatic N) is 3. The molecule has 28 heavy (non-hydrogen) atoms. The minimum atomic E-state index is -0.194. The zero-order valence-electron chi connectivity index (χ0n) is 16.0. The zero-order valence-corrected chi connectivity index (χ0v) is 16.7. The van der Waals surface area contributed by atoms with Crippen molar-refractivity contribution >= 4 is 17.5 Å². The minimum Gasteiger partial charge on any atom is -0.490 e. The summed E-state index contributed by atoms with van der Waals surface area (Å²) in [5.41, 5.74) is 6.05. The predicted molar refractivity (Wildman–Crippen MR) is 107 cm³/mol. The van der Waals surface area contributed by atoms with Gasteiger partial charge in [0.1, 0.15) is 17.5 Å². The van der Waals surface area contributed by atoms with E-state index in [4.69, 9.17) is 21.6 Å². The summed E-state index contributed by atoms with van der Waals surface area (Å²) in [7, 11) is 1.50. The number of halogens is 1. The van der Waals surface area contributed by atoms with Gasteiger partial charge in [0.25, 0.3) is 5.91 Å². The maximum absolute atomic E-state index is 12.2. The number of carbonyl (C=O) groups is 1. The van der Waals surface area contributed by atoms with Crippen LogP contribution in [-0.2, 0) is 0 Å². The van der Waals surface area contributed by atoms with Crippen LogP contribution in [0.1, 0.15) is 47.4 Å². The number of nitriles is 1. The molecule has 0 spiro atoms. The van der Waals surface area contributed by atoms with Crippen LogP contribution in [0.15, 0.2) is 30.6 Å². The van der Waals surface area contributed by atoms with Gasteiger partial charge in [-0.1, -0.05) is 11.6 Å². The van der Waals surface area contributed by atoms with E-state index in [2.05, 4.69) is 21.0 Å². The van der Waals surface area contributed by atoms with Gasteiger partial charge in [-0.3, -0.25) is 9.78 Å². The SMILES string of the molecule is CN.Cc1cnc(C(=O)NC2CCC(Oc3ccc(C#N)c(Cl)c3)CC2)cn1. The molecule has 7 nitrogen and oxygen atoms in total. The topological polar surface area (TPSA) is 114 Å². The zero-order chi connectivity index (χ0) is 20.5. The number of aromatic nitrogens is 2. The lowest BCUT2D eigenvalue weighted by atomic mass is 9.93. The molecule has 1 aromatic carbocycles. The van der Waals surface area contributed by atoms with Gasteiger partial charge < -0.3 is 15.8 Å². The lowest BCUT2D eigenvalue weighted by Crippen LogP contribution is -2.40. The number of hydrogen-bond acceptors (Lipinski definition) is 6. The van der Waals surface area contributed by atoms with Crippen LogP contribution in [0.5, 0.6) is 5.75 Å². The van der Waals surface area contributed by atoms with E-state index >= 15 is 0 Å². The number of carbonyl (C=O) groups excluding carboxylic acids is 1. The molecule has 1 amide bonds. The molecule has 148 valence electrons. The van der Waals surface area contributed by atoms with Gasteiger partial charge >= 0.3 is 0 Å². The highest BCUT2D eigenvalue weighted by Crippen LogP contribution is 2.27. The van der Waals surface area contributed by atoms with E-state index in [0.717, 1.165) is 31.4 Å². The first-order chi connectivity index (χ1) is 13.5. The van der Waals surface area contributed by atoms with E-state index in [1.807, 2.05) is 13.0 Å². The molecule has 1 heterocycles. The van der Waals surface area contributed by atoms with Crippen LogP contribution in [0.25, 0.3) is 0 Å². The van der Waals surface area contributed by atoms with Gasteiger partial charge in [0, 0.05) is 18.3 Å². The Hall–Kier alpha value is -2.69. The maximum Gasteiger partial charge on any atom is 0.271 e. The molecule has 8 heteroatoms. The number of ether oxygens (including phenoxy) is 1. The van der Waals surface area contributed by atoms with Gasteiger partial charge in [0.15, 0.2) is 0 Å². The summed E-state index contributed by atoms with van der Waals surface area (Å²) in [6.07, 6.45) is 6.49. The molecule has 0 saturated heterocycles. The molecule has 0 radical (unpaired) electrons. The Kier molecular flexibility index (Phi) is 8.18. The average molecular weight is 402 g/mol. The molecule has 0 atom stereocenters. The van der Waals surface area contributed by atoms with Crippen LogP contribution >= 0.6 is 11.6 Å². The van der Waals surface area contributed by atoms with E-state index in [-0.39, 0.29) is 18.1 Å². The summed E-state index contributed by atoms with van der Waals surface area (Å²) < 4.78 is 5.96. The van der Waals surface area contributed by atoms with Crippen molar-refractivity contribution in [1.82, 2.24) is 15.3 Å². The van der Waals surface area contributed by atoms with Crippen LogP contribution in [-0.4, -0.2) is 35.1 Å². The summed E-state index contributed by atoms with van der Waals surface area (Å²) in [5, 5.41) is 12.3. The van der Waals surface area contributed by atoms with Crippen molar-refractivity contribution in [3.05, 3.63) is 52.6 Å². The first kappa shape index (κ1) is 21.6. The second kappa shape index (κ2) is 10.6. The molecule has 0 unspecified atom stereocenters. The minimum absolute atomic E-state index is 0.0753. The second-order valence-corrected chi connectivity index (χ2v) is 6.77. The van der Waals surface area contributed by atoms with Crippen LogP contribution in [0.4, 0.5) is 0 Å². The lowest BCUT2D eigenvalue weighted by Gasteiger charge is -2.29. The highest BCUT2D eigenvalue weighted by Gasteiger charge is 2.24. The first-order valence-electron chi connectivity index (χ1n) is 9.08. The molecule has 3 rings (SSSR count). The molecule has 2 aromatic rings. The predicted octanol–water partition coefficient (Wildman–Crippen LogP) is 3.01. The molecule has 1 aromatic heterocycles. The number of nitrogens with two attached hydrogens (primary N) is 1. The third-order valence-corrected chi connectivity index (χ3v) is 4.70. The largest absolute Gasteiger partial charge is 0.490 e. The molecule has 1 fully saturated rings. The molecule has 1 saturated carbocycles. The standard InChI is InChI=1S/C19H19ClN4O2.CH5N/c1-12-10-23-18(11-22-12)19(25)24-14-3-6-15(7-4-14)26-16-5-2-13(9-21)17(20)8-16;1-2/h2,5,8,10-11,14-15H,3-4,6-7H2,1H3,(H,24,25);2H2,1H3. The first-order valence-corrected chi connectivity index (χ1v) is 9.46. The van der Waals surface area contributed by atoms with Gasteiger partial charge in [-0.25, -0.2) is 4.98 Å². The molecular weight excluding hydrogens is 378 g/mol. The third kappa shape index (κ3) is 5.91. The van der Waals surface area contributed by atoms with Crippen molar-refractivity contribution in [3.63, 3.8) is 0 Å². The van der Waals surface area contributed by atoms with Crippen molar-refractivity contribution in [2.24, 2.45) is 5.73 Å². The van der Waals surface area contributed by atoms with Gasteiger partial charge in [0.05, 0.1) is 28.6 Å². The number of rotatable bonds is 4. The Balaban J connectivity index is 0.00000136. The Morgan fingerprint density at radius 1 is 1.25 bits per heavy atom. The summed E-state index contributed by atoms with van der Waals surface area (Å²) in [6.45, 7) is 1.83. The third-order valence-electron chi connectivity index (χ3n) is 4.39. The van der Waals surface area contributed by atoms with Crippen molar-refractivity contribution in [3.8, 4) is 11.8 Å². The van der Waals surface area contributed by atoms with Crippen LogP contribution < -0.4 is 15.8 Å². The highest BCUT2D eigenvalue weighted by molar-refractivity contribution is 6.31. The molecule has 0 bridgehead atoms. The maximum atomic E-state index is 12.2. The van der Waals surface area contributed by atoms with E-state index in [0.29, 0.717) is 22.0 Å². The fraction of sp³-hybridized carbons (Fsp3) is 0.400. The summed E-state index contributed by atoms with van der Waals surface area (Å²) in [6, 6.07) is 7.22. The Bertz CT molecular complexity index is 827. The molecule has 3 N–H and O–H groups in total. The summed E-state index contributed by atoms with van der Waals surface area (Å²) in [4.78, 5) is 20.4. The van der Waals surface area contributed by atoms with E-state index in [1.165, 1.54) is 13.2 Å². The molecule has 1 aliphatic carbocycles. The number of aryl methyl sites for hydroxylation is 1. The van der Waals surface area contributed by atoms with Crippen molar-refractivity contribution < 1.29 is 9.53 Å². The smallest absolute Gasteiger partial charge is 0.271 e. The lowest BCUT2D eigenvalue weighted by molar-refractivity contribution is 0.0888. The fourth-order valence-electron chi connectivity index (χ4n) is 2.95. The molecule has 0 aliphatic heterocycles. The summed E-state index contributed by atoms with van der Waals surface area (Å²) >= 11 is 6.03. The Morgan fingerprint density at radius 3 is 2.54 bits per heavy atom. The highest BCUT2D eigenvalue weighted by atomic mass is 35.5. The van der Waals surface area contributed by atoms with Crippen molar-refractivity contribution in [2.75, 3.05) is 7.05 Å². The van der Waals surface area contributed by atoms with Crippen molar-refractivity contribution in [2.45, 2.75) is 44.8 Å². The Labute approximate surface area is 169 Å². The van der Waals surface area contributed by atoms with Crippen LogP contribution in [0, 0.1) is 18.3 Å². The van der Waals surface area contributed by atoms with Crippen LogP contribution in [0.3, 0.4) is 0 Å². The average Bonchev–Trinajstić information content (AvgIpc) is 2.71. The number of nitrogens with one attached hydrogen (secondary N) is 1. The van der Waals surface area contributed by atoms with Gasteiger partial charge in [-0.2, -0.15) is 5.26 Å². The van der Waals surface area contributed by atoms with E-state index < -0.39 is 0 Å². The van der Waals surface area contributed by atoms with Crippen LogP contribution in [0.2, 0.25) is 5.02 Å². The molecule has 1 aliphatic rings. The molecular formula is C20H24ClN5O2. The van der Waals surface area contributed by atoms with Crippen molar-refractivity contribution in [1.29, 1.82) is 5.26 Å². The number of benzene rings is 1. The van der Waals surface area contributed by atoms with E-state index in [1.54, 1.807) is 24.4 Å². The van der Waals surface area contributed by atoms with E-state index in [9.17, 15) is 4.79 Å². The monoisotopic (exact) mass is 401 g/mol. The van der Waals surface area contributed by atoms with Gasteiger partial charge in [-0.15, -0.1) is 0 Å². The normalized spacial score (nSPS) is 18.2. The quantitative estimate of drug-likeness (QED) is 0.813. The second-order valence-electron chi connectivity index (χ2n) is 6.36. The fourth-order valence-corrected chi connectivity index (χ4v) is 3.16. The van der Waals surface area contributed by atoms with Gasteiger partial charge in [-0.05, 0) is 51.8 Å². The number of amides is 1. The summed E-state index contributed by atoms with van der Waals surface area (Å²) in [5.74, 6) is 0.470. The Morgan fingerprint density at radius 2 is 1.96 bits per heavy atom. The number of hydrogen-bond donors (Lipinski definition) is 2. The van der Waals surface area contributed by atoms with Gasteiger partial charge in [0.2, 0.25) is 0 Å².